The highest BCUT2D eigenvalue weighted by Gasteiger charge is 2.76. The van der Waals surface area contributed by atoms with Crippen molar-refractivity contribution in [1.29, 1.82) is 0 Å². The smallest absolute Gasteiger partial charge is 0.311 e. The van der Waals surface area contributed by atoms with Crippen molar-refractivity contribution in [2.75, 3.05) is 14.2 Å². The summed E-state index contributed by atoms with van der Waals surface area (Å²) in [5.41, 5.74) is 2.68. The van der Waals surface area contributed by atoms with Gasteiger partial charge in [-0.15, -0.1) is 0 Å². The van der Waals surface area contributed by atoms with E-state index in [-0.39, 0.29) is 27.9 Å². The average molecular weight is 485 g/mol. The molecule has 1 aromatic rings. The molecule has 0 bridgehead atoms. The predicted molar refractivity (Wildman–Crippen MR) is 138 cm³/mol. The van der Waals surface area contributed by atoms with E-state index in [0.29, 0.717) is 23.7 Å². The topological polar surface area (TPSA) is 44.8 Å². The Morgan fingerprint density at radius 3 is 2.50 bits per heavy atom. The Bertz CT molecular complexity index is 981. The molecular formula is C29H44O4Si. The van der Waals surface area contributed by atoms with Crippen LogP contribution in [-0.2, 0) is 20.4 Å². The van der Waals surface area contributed by atoms with Crippen LogP contribution < -0.4 is 4.74 Å². The predicted octanol–water partition coefficient (Wildman–Crippen LogP) is 6.73. The zero-order valence-corrected chi connectivity index (χ0v) is 23.5. The maximum absolute atomic E-state index is 13.1. The Morgan fingerprint density at radius 1 is 1.12 bits per heavy atom. The van der Waals surface area contributed by atoms with Crippen LogP contribution in [0.3, 0.4) is 0 Å². The highest BCUT2D eigenvalue weighted by atomic mass is 28.4. The zero-order valence-electron chi connectivity index (χ0n) is 22.5. The standard InChI is InChI=1S/C29H44O4Si/c1-27(2,3)34(7,8)33-29-19(17-25(29)26(30)32-6)16-24-23-11-9-18-15-20(31-5)10-12-21(18)22(23)13-14-28(24,29)4/h10,12,15,19,22-25H,9,11,13-14,16-17H2,1-8H3/t19-,22+,23+,24-,25-,28-,29+/m0/s1. The summed E-state index contributed by atoms with van der Waals surface area (Å²) >= 11 is 0. The van der Waals surface area contributed by atoms with Gasteiger partial charge in [0.1, 0.15) is 5.75 Å². The Balaban J connectivity index is 1.54. The molecule has 5 rings (SSSR count). The van der Waals surface area contributed by atoms with E-state index in [4.69, 9.17) is 13.9 Å². The number of fused-ring (bicyclic) bond motifs is 7. The first-order chi connectivity index (χ1) is 15.9. The van der Waals surface area contributed by atoms with Gasteiger partial charge in [0, 0.05) is 0 Å². The van der Waals surface area contributed by atoms with Gasteiger partial charge in [-0.2, -0.15) is 0 Å². The quantitative estimate of drug-likeness (QED) is 0.351. The fraction of sp³-hybridized carbons (Fsp3) is 0.759. The minimum atomic E-state index is -2.09. The van der Waals surface area contributed by atoms with Gasteiger partial charge in [-0.25, -0.2) is 0 Å². The Hall–Kier alpha value is -1.33. The first-order valence-electron chi connectivity index (χ1n) is 13.3. The van der Waals surface area contributed by atoms with Crippen LogP contribution in [0.25, 0.3) is 0 Å². The van der Waals surface area contributed by atoms with Crippen molar-refractivity contribution in [2.45, 2.75) is 95.9 Å². The molecular weight excluding hydrogens is 440 g/mol. The van der Waals surface area contributed by atoms with E-state index >= 15 is 0 Å². The molecule has 4 nitrogen and oxygen atoms in total. The van der Waals surface area contributed by atoms with Crippen molar-refractivity contribution in [3.05, 3.63) is 29.3 Å². The average Bonchev–Trinajstić information content (AvgIpc) is 2.96. The van der Waals surface area contributed by atoms with Gasteiger partial charge < -0.3 is 13.9 Å². The van der Waals surface area contributed by atoms with Gasteiger partial charge in [-0.1, -0.05) is 33.8 Å². The summed E-state index contributed by atoms with van der Waals surface area (Å²) in [6, 6.07) is 6.73. The normalized spacial score (nSPS) is 38.6. The van der Waals surface area contributed by atoms with Gasteiger partial charge in [-0.05, 0) is 109 Å². The van der Waals surface area contributed by atoms with Gasteiger partial charge in [0.05, 0.1) is 25.7 Å². The molecule has 4 aliphatic carbocycles. The molecule has 0 aliphatic heterocycles. The summed E-state index contributed by atoms with van der Waals surface area (Å²) in [5.74, 6) is 3.15. The van der Waals surface area contributed by atoms with E-state index in [1.54, 1.807) is 19.8 Å². The fourth-order valence-electron chi connectivity index (χ4n) is 8.39. The minimum Gasteiger partial charge on any atom is -0.497 e. The third kappa shape index (κ3) is 3.14. The monoisotopic (exact) mass is 484 g/mol. The lowest BCUT2D eigenvalue weighted by Crippen LogP contribution is -2.70. The van der Waals surface area contributed by atoms with Crippen LogP contribution in [0, 0.1) is 29.1 Å². The molecule has 0 N–H and O–H groups in total. The van der Waals surface area contributed by atoms with E-state index < -0.39 is 8.32 Å². The number of carbonyl (C=O) groups excluding carboxylic acids is 1. The molecule has 5 heteroatoms. The van der Waals surface area contributed by atoms with Crippen molar-refractivity contribution in [1.82, 2.24) is 0 Å². The van der Waals surface area contributed by atoms with Crippen LogP contribution in [0.1, 0.15) is 76.8 Å². The van der Waals surface area contributed by atoms with Gasteiger partial charge in [0.15, 0.2) is 8.32 Å². The number of aryl methyl sites for hydroxylation is 1. The van der Waals surface area contributed by atoms with Gasteiger partial charge in [0.25, 0.3) is 0 Å². The maximum Gasteiger partial charge on any atom is 0.311 e. The molecule has 0 heterocycles. The van der Waals surface area contributed by atoms with Crippen molar-refractivity contribution < 1.29 is 18.7 Å². The van der Waals surface area contributed by atoms with Crippen molar-refractivity contribution >= 4 is 14.3 Å². The van der Waals surface area contributed by atoms with Crippen molar-refractivity contribution in [2.24, 2.45) is 29.1 Å². The number of rotatable bonds is 4. The van der Waals surface area contributed by atoms with Crippen LogP contribution in [0.15, 0.2) is 18.2 Å². The zero-order chi connectivity index (χ0) is 24.7. The Labute approximate surface area is 207 Å². The van der Waals surface area contributed by atoms with Crippen LogP contribution in [-0.4, -0.2) is 34.1 Å². The molecule has 3 fully saturated rings. The molecule has 0 radical (unpaired) electrons. The number of ether oxygens (including phenoxy) is 2. The number of benzene rings is 1. The molecule has 34 heavy (non-hydrogen) atoms. The molecule has 1 aromatic carbocycles. The first-order valence-corrected chi connectivity index (χ1v) is 16.3. The van der Waals surface area contributed by atoms with Crippen molar-refractivity contribution in [3.8, 4) is 5.75 Å². The summed E-state index contributed by atoms with van der Waals surface area (Å²) in [5, 5.41) is 0.108. The number of methoxy groups -OCH3 is 2. The summed E-state index contributed by atoms with van der Waals surface area (Å²) in [6.45, 7) is 14.1. The molecule has 0 saturated heterocycles. The number of esters is 1. The molecule has 3 saturated carbocycles. The summed E-state index contributed by atoms with van der Waals surface area (Å²) in [6.07, 6.45) is 6.80. The van der Waals surface area contributed by atoms with E-state index in [9.17, 15) is 4.79 Å². The van der Waals surface area contributed by atoms with Gasteiger partial charge in [-0.3, -0.25) is 4.79 Å². The molecule has 7 atom stereocenters. The summed E-state index contributed by atoms with van der Waals surface area (Å²) in [4.78, 5) is 13.1. The van der Waals surface area contributed by atoms with E-state index in [2.05, 4.69) is 59.0 Å². The SMILES string of the molecule is COC(=O)[C@@H]1C[C@@H]2C[C@H]3[C@@H]4CCc5cc(OC)ccc5[C@H]4CC[C@]3(C)[C@@]21O[Si](C)(C)C(C)(C)C. The van der Waals surface area contributed by atoms with Crippen LogP contribution in [0.5, 0.6) is 5.75 Å². The molecule has 0 spiro atoms. The van der Waals surface area contributed by atoms with E-state index in [1.807, 2.05) is 0 Å². The second-order valence-corrected chi connectivity index (χ2v) is 18.1. The Kier molecular flexibility index (Phi) is 5.61. The lowest BCUT2D eigenvalue weighted by molar-refractivity contribution is -0.212. The summed E-state index contributed by atoms with van der Waals surface area (Å²) in [7, 11) is 1.22. The lowest BCUT2D eigenvalue weighted by Gasteiger charge is -2.64. The van der Waals surface area contributed by atoms with Crippen LogP contribution in [0.2, 0.25) is 18.1 Å². The second-order valence-electron chi connectivity index (χ2n) is 13.3. The maximum atomic E-state index is 13.1. The molecule has 0 aromatic heterocycles. The molecule has 188 valence electrons. The van der Waals surface area contributed by atoms with E-state index in [0.717, 1.165) is 25.0 Å². The molecule has 0 amide bonds. The van der Waals surface area contributed by atoms with Crippen LogP contribution in [0.4, 0.5) is 0 Å². The fourth-order valence-corrected chi connectivity index (χ4v) is 10.1. The highest BCUT2D eigenvalue weighted by molar-refractivity contribution is 6.74. The highest BCUT2D eigenvalue weighted by Crippen LogP contribution is 2.75. The molecule has 0 unspecified atom stereocenters. The summed E-state index contributed by atoms with van der Waals surface area (Å²) < 4.78 is 18.3. The lowest BCUT2D eigenvalue weighted by atomic mass is 9.48. The first kappa shape index (κ1) is 24.4. The number of carbonyl (C=O) groups is 1. The largest absolute Gasteiger partial charge is 0.497 e. The Morgan fingerprint density at radius 2 is 1.85 bits per heavy atom. The van der Waals surface area contributed by atoms with Gasteiger partial charge >= 0.3 is 5.97 Å². The number of hydrogen-bond donors (Lipinski definition) is 0. The van der Waals surface area contributed by atoms with E-state index in [1.165, 1.54) is 24.8 Å². The van der Waals surface area contributed by atoms with Crippen LogP contribution >= 0.6 is 0 Å². The third-order valence-electron chi connectivity index (χ3n) is 11.1. The number of hydrogen-bond acceptors (Lipinski definition) is 4. The third-order valence-corrected chi connectivity index (χ3v) is 15.6. The molecule has 4 aliphatic rings. The minimum absolute atomic E-state index is 0.0232. The second kappa shape index (κ2) is 7.83. The van der Waals surface area contributed by atoms with Crippen molar-refractivity contribution in [3.63, 3.8) is 0 Å². The van der Waals surface area contributed by atoms with Gasteiger partial charge in [0.2, 0.25) is 0 Å².